The molecule has 2 aromatic carbocycles. The third kappa shape index (κ3) is 3.60. The van der Waals surface area contributed by atoms with E-state index in [1.54, 1.807) is 0 Å². The van der Waals surface area contributed by atoms with E-state index in [4.69, 9.17) is 4.74 Å². The lowest BCUT2D eigenvalue weighted by atomic mass is 10.1. The van der Waals surface area contributed by atoms with E-state index < -0.39 is 0 Å². The molecule has 0 aliphatic rings. The fourth-order valence-electron chi connectivity index (χ4n) is 1.56. The number of para-hydroxylation sites is 1. The van der Waals surface area contributed by atoms with Crippen LogP contribution in [0.1, 0.15) is 22.9 Å². The van der Waals surface area contributed by atoms with Crippen molar-refractivity contribution >= 4 is 15.9 Å². The van der Waals surface area contributed by atoms with Crippen LogP contribution in [0.15, 0.2) is 54.6 Å². The molecule has 17 heavy (non-hydrogen) atoms. The highest BCUT2D eigenvalue weighted by Gasteiger charge is 2.00. The van der Waals surface area contributed by atoms with Crippen molar-refractivity contribution in [1.29, 1.82) is 0 Å². The van der Waals surface area contributed by atoms with Gasteiger partial charge in [0.05, 0.1) is 0 Å². The second kappa shape index (κ2) is 5.87. The average molecular weight is 291 g/mol. The van der Waals surface area contributed by atoms with Crippen molar-refractivity contribution in [2.45, 2.75) is 18.4 Å². The lowest BCUT2D eigenvalue weighted by Gasteiger charge is -2.08. The van der Waals surface area contributed by atoms with E-state index in [1.807, 2.05) is 30.3 Å². The molecule has 0 radical (unpaired) electrons. The first-order valence-electron chi connectivity index (χ1n) is 5.66. The largest absolute Gasteiger partial charge is 0.489 e. The minimum absolute atomic E-state index is 0.395. The van der Waals surface area contributed by atoms with Crippen molar-refractivity contribution in [1.82, 2.24) is 0 Å². The van der Waals surface area contributed by atoms with E-state index in [0.29, 0.717) is 11.4 Å². The first-order valence-corrected chi connectivity index (χ1v) is 6.58. The molecule has 0 N–H and O–H groups in total. The normalized spacial score (nSPS) is 12.1. The Morgan fingerprint density at radius 1 is 1.00 bits per heavy atom. The molecule has 2 rings (SSSR count). The number of hydrogen-bond acceptors (Lipinski definition) is 1. The van der Waals surface area contributed by atoms with Gasteiger partial charge in [-0.2, -0.15) is 0 Å². The zero-order valence-corrected chi connectivity index (χ0v) is 11.4. The van der Waals surface area contributed by atoms with Gasteiger partial charge in [0.25, 0.3) is 0 Å². The average Bonchev–Trinajstić information content (AvgIpc) is 2.38. The van der Waals surface area contributed by atoms with Crippen LogP contribution < -0.4 is 4.74 Å². The molecule has 0 amide bonds. The zero-order chi connectivity index (χ0) is 12.1. The van der Waals surface area contributed by atoms with Crippen molar-refractivity contribution in [3.05, 3.63) is 65.7 Å². The second-order valence-electron chi connectivity index (χ2n) is 3.96. The van der Waals surface area contributed by atoms with Crippen molar-refractivity contribution in [2.24, 2.45) is 0 Å². The maximum atomic E-state index is 5.68. The predicted octanol–water partition coefficient (Wildman–Crippen LogP) is 4.72. The van der Waals surface area contributed by atoms with E-state index in [9.17, 15) is 0 Å². The fraction of sp³-hybridized carbons (Fsp3) is 0.200. The van der Waals surface area contributed by atoms with Crippen LogP contribution >= 0.6 is 15.9 Å². The molecule has 0 fully saturated rings. The highest BCUT2D eigenvalue weighted by molar-refractivity contribution is 9.09. The molecule has 1 nitrogen and oxygen atoms in total. The molecule has 0 aromatic heterocycles. The predicted molar refractivity (Wildman–Crippen MR) is 74.6 cm³/mol. The first-order chi connectivity index (χ1) is 8.25. The van der Waals surface area contributed by atoms with Crippen molar-refractivity contribution in [3.63, 3.8) is 0 Å². The Labute approximate surface area is 111 Å². The quantitative estimate of drug-likeness (QED) is 0.740. The summed E-state index contributed by atoms with van der Waals surface area (Å²) < 4.78 is 5.68. The van der Waals surface area contributed by atoms with Gasteiger partial charge in [-0.25, -0.2) is 0 Å². The molecule has 0 saturated heterocycles. The summed E-state index contributed by atoms with van der Waals surface area (Å²) in [5, 5.41) is 0. The molecule has 0 aliphatic heterocycles. The Morgan fingerprint density at radius 2 is 1.65 bits per heavy atom. The molecule has 2 heteroatoms. The molecular formula is C15H15BrO. The van der Waals surface area contributed by atoms with Gasteiger partial charge < -0.3 is 4.74 Å². The summed E-state index contributed by atoms with van der Waals surface area (Å²) in [5.74, 6) is 0.908. The molecular weight excluding hydrogens is 276 g/mol. The van der Waals surface area contributed by atoms with Crippen molar-refractivity contribution in [3.8, 4) is 5.75 Å². The Bertz CT molecular complexity index is 448. The number of halogens is 1. The minimum Gasteiger partial charge on any atom is -0.489 e. The summed E-state index contributed by atoms with van der Waals surface area (Å²) in [6, 6.07) is 18.3. The summed E-state index contributed by atoms with van der Waals surface area (Å²) in [4.78, 5) is 0.395. The third-order valence-corrected chi connectivity index (χ3v) is 3.12. The number of benzene rings is 2. The van der Waals surface area contributed by atoms with Crippen LogP contribution in [0.5, 0.6) is 5.75 Å². The highest BCUT2D eigenvalue weighted by atomic mass is 79.9. The summed E-state index contributed by atoms with van der Waals surface area (Å²) >= 11 is 3.55. The molecule has 88 valence electrons. The van der Waals surface area contributed by atoms with Gasteiger partial charge in [-0.1, -0.05) is 58.4 Å². The van der Waals surface area contributed by atoms with Gasteiger partial charge in [-0.15, -0.1) is 0 Å². The van der Waals surface area contributed by atoms with Gasteiger partial charge >= 0.3 is 0 Å². The molecule has 0 bridgehead atoms. The van der Waals surface area contributed by atoms with Crippen LogP contribution in [0.2, 0.25) is 0 Å². The maximum Gasteiger partial charge on any atom is 0.119 e. The van der Waals surface area contributed by atoms with Crippen LogP contribution in [-0.2, 0) is 6.61 Å². The molecule has 0 saturated carbocycles. The molecule has 0 spiro atoms. The van der Waals surface area contributed by atoms with E-state index >= 15 is 0 Å². The lowest BCUT2D eigenvalue weighted by molar-refractivity contribution is 0.306. The maximum absolute atomic E-state index is 5.68. The summed E-state index contributed by atoms with van der Waals surface area (Å²) in [7, 11) is 0. The van der Waals surface area contributed by atoms with E-state index in [-0.39, 0.29) is 0 Å². The second-order valence-corrected chi connectivity index (χ2v) is 5.33. The third-order valence-electron chi connectivity index (χ3n) is 2.59. The van der Waals surface area contributed by atoms with Crippen LogP contribution in [0, 0.1) is 0 Å². The fourth-order valence-corrected chi connectivity index (χ4v) is 1.87. The number of hydrogen-bond donors (Lipinski definition) is 0. The first kappa shape index (κ1) is 12.2. The molecule has 1 atom stereocenters. The molecule has 2 aromatic rings. The topological polar surface area (TPSA) is 9.23 Å². The van der Waals surface area contributed by atoms with Crippen molar-refractivity contribution in [2.75, 3.05) is 0 Å². The minimum atomic E-state index is 0.395. The van der Waals surface area contributed by atoms with Gasteiger partial charge in [0.15, 0.2) is 0 Å². The van der Waals surface area contributed by atoms with Gasteiger partial charge in [-0.05, 0) is 30.2 Å². The Kier molecular flexibility index (Phi) is 4.21. The smallest absolute Gasteiger partial charge is 0.119 e. The van der Waals surface area contributed by atoms with Crippen LogP contribution in [-0.4, -0.2) is 0 Å². The number of alkyl halides is 1. The van der Waals surface area contributed by atoms with Gasteiger partial charge in [-0.3, -0.25) is 0 Å². The van der Waals surface area contributed by atoms with E-state index in [0.717, 1.165) is 5.75 Å². The molecule has 0 aliphatic carbocycles. The molecule has 1 unspecified atom stereocenters. The van der Waals surface area contributed by atoms with E-state index in [2.05, 4.69) is 47.1 Å². The zero-order valence-electron chi connectivity index (χ0n) is 9.77. The lowest BCUT2D eigenvalue weighted by Crippen LogP contribution is -1.95. The summed E-state index contributed by atoms with van der Waals surface area (Å²) in [6.45, 7) is 2.73. The summed E-state index contributed by atoms with van der Waals surface area (Å²) in [6.07, 6.45) is 0. The number of rotatable bonds is 4. The van der Waals surface area contributed by atoms with Crippen molar-refractivity contribution < 1.29 is 4.74 Å². The van der Waals surface area contributed by atoms with Crippen LogP contribution in [0.3, 0.4) is 0 Å². The van der Waals surface area contributed by atoms with Gasteiger partial charge in [0.2, 0.25) is 0 Å². The monoisotopic (exact) mass is 290 g/mol. The SMILES string of the molecule is CC(Br)c1ccc(COc2ccccc2)cc1. The number of ether oxygens (including phenoxy) is 1. The Balaban J connectivity index is 1.96. The van der Waals surface area contributed by atoms with Gasteiger partial charge in [0, 0.05) is 4.83 Å². The highest BCUT2D eigenvalue weighted by Crippen LogP contribution is 2.22. The Hall–Kier alpha value is -1.28. The standard InChI is InChI=1S/C15H15BrO/c1-12(16)14-9-7-13(8-10-14)11-17-15-5-3-2-4-6-15/h2-10,12H,11H2,1H3. The van der Waals surface area contributed by atoms with Gasteiger partial charge in [0.1, 0.15) is 12.4 Å². The summed E-state index contributed by atoms with van der Waals surface area (Å²) in [5.41, 5.74) is 2.47. The van der Waals surface area contributed by atoms with Crippen LogP contribution in [0.25, 0.3) is 0 Å². The van der Waals surface area contributed by atoms with Crippen LogP contribution in [0.4, 0.5) is 0 Å². The molecule has 0 heterocycles. The Morgan fingerprint density at radius 3 is 2.24 bits per heavy atom. The van der Waals surface area contributed by atoms with E-state index in [1.165, 1.54) is 11.1 Å².